The highest BCUT2D eigenvalue weighted by atomic mass is 16.5. The summed E-state index contributed by atoms with van der Waals surface area (Å²) >= 11 is 0. The lowest BCUT2D eigenvalue weighted by Gasteiger charge is -2.19. The molecule has 1 amide bonds. The molecule has 4 rings (SSSR count). The van der Waals surface area contributed by atoms with Crippen molar-refractivity contribution >= 4 is 11.6 Å². The van der Waals surface area contributed by atoms with E-state index >= 15 is 0 Å². The standard InChI is InChI=1S/C25H23N5O2/c1-17-23(15-27-18(2)28-17)32-16-25(20-8-4-3-5-9-20)14-22(25)24(31)30-29-21-10-6-7-19(13-21)11-12-26/h3-10,13,15,22H,11,14,16H2,1-2H3/t22-,25+/m0/s1. The molecule has 1 heterocycles. The molecule has 0 spiro atoms. The van der Waals surface area contributed by atoms with Crippen LogP contribution in [-0.4, -0.2) is 22.5 Å². The summed E-state index contributed by atoms with van der Waals surface area (Å²) in [5.74, 6) is 0.703. The summed E-state index contributed by atoms with van der Waals surface area (Å²) in [4.78, 5) is 21.5. The highest BCUT2D eigenvalue weighted by molar-refractivity contribution is 5.85. The van der Waals surface area contributed by atoms with Crippen molar-refractivity contribution in [2.75, 3.05) is 6.61 Å². The average Bonchev–Trinajstić information content (AvgIpc) is 3.54. The van der Waals surface area contributed by atoms with Crippen LogP contribution in [0, 0.1) is 31.1 Å². The fourth-order valence-electron chi connectivity index (χ4n) is 3.88. The van der Waals surface area contributed by atoms with Crippen molar-refractivity contribution in [3.05, 3.63) is 83.4 Å². The molecule has 160 valence electrons. The first-order chi connectivity index (χ1) is 15.5. The summed E-state index contributed by atoms with van der Waals surface area (Å²) in [5.41, 5.74) is 2.74. The molecule has 7 heteroatoms. The number of azo groups is 1. The number of nitrogens with zero attached hydrogens (tertiary/aromatic N) is 5. The maximum absolute atomic E-state index is 12.9. The van der Waals surface area contributed by atoms with Gasteiger partial charge in [0.05, 0.1) is 42.6 Å². The van der Waals surface area contributed by atoms with Gasteiger partial charge in [0, 0.05) is 5.41 Å². The topological polar surface area (TPSA) is 101 Å². The lowest BCUT2D eigenvalue weighted by molar-refractivity contribution is -0.120. The molecule has 1 fully saturated rings. The van der Waals surface area contributed by atoms with Crippen LogP contribution in [0.4, 0.5) is 5.69 Å². The summed E-state index contributed by atoms with van der Waals surface area (Å²) in [6.45, 7) is 4.04. The highest BCUT2D eigenvalue weighted by Crippen LogP contribution is 2.55. The number of carbonyl (C=O) groups excluding carboxylic acids is 1. The fourth-order valence-corrected chi connectivity index (χ4v) is 3.88. The number of hydrogen-bond acceptors (Lipinski definition) is 6. The molecule has 0 saturated heterocycles. The molecular formula is C25H23N5O2. The van der Waals surface area contributed by atoms with Gasteiger partial charge in [-0.05, 0) is 43.5 Å². The van der Waals surface area contributed by atoms with Crippen LogP contribution in [-0.2, 0) is 16.6 Å². The Kier molecular flexibility index (Phi) is 6.04. The number of aromatic nitrogens is 2. The van der Waals surface area contributed by atoms with Crippen LogP contribution < -0.4 is 4.74 Å². The van der Waals surface area contributed by atoms with Crippen molar-refractivity contribution in [3.8, 4) is 11.8 Å². The maximum Gasteiger partial charge on any atom is 0.268 e. The number of amides is 1. The zero-order valence-electron chi connectivity index (χ0n) is 18.0. The summed E-state index contributed by atoms with van der Waals surface area (Å²) in [7, 11) is 0. The Morgan fingerprint density at radius 3 is 2.78 bits per heavy atom. The van der Waals surface area contributed by atoms with Crippen LogP contribution in [0.3, 0.4) is 0 Å². The average molecular weight is 425 g/mol. The number of benzene rings is 2. The van der Waals surface area contributed by atoms with Crippen molar-refractivity contribution < 1.29 is 9.53 Å². The molecule has 7 nitrogen and oxygen atoms in total. The quantitative estimate of drug-likeness (QED) is 0.506. The normalized spacial score (nSPS) is 19.5. The summed E-state index contributed by atoms with van der Waals surface area (Å²) < 4.78 is 6.08. The summed E-state index contributed by atoms with van der Waals surface area (Å²) in [5, 5.41) is 17.0. The first-order valence-electron chi connectivity index (χ1n) is 10.4. The lowest BCUT2D eigenvalue weighted by Crippen LogP contribution is -2.23. The van der Waals surface area contributed by atoms with Gasteiger partial charge in [-0.1, -0.05) is 42.5 Å². The first-order valence-corrected chi connectivity index (χ1v) is 10.4. The fraction of sp³-hybridized carbons (Fsp3) is 0.280. The zero-order valence-corrected chi connectivity index (χ0v) is 18.0. The molecule has 32 heavy (non-hydrogen) atoms. The van der Waals surface area contributed by atoms with Crippen molar-refractivity contribution in [1.29, 1.82) is 5.26 Å². The minimum Gasteiger partial charge on any atom is -0.489 e. The number of nitriles is 1. The number of hydrogen-bond donors (Lipinski definition) is 0. The van der Waals surface area contributed by atoms with E-state index in [1.807, 2.05) is 50.2 Å². The minimum absolute atomic E-state index is 0.278. The molecule has 0 bridgehead atoms. The Hall–Kier alpha value is -3.92. The second-order valence-electron chi connectivity index (χ2n) is 7.98. The third kappa shape index (κ3) is 4.54. The van der Waals surface area contributed by atoms with Crippen molar-refractivity contribution in [1.82, 2.24) is 9.97 Å². The molecule has 1 saturated carbocycles. The molecule has 0 unspecified atom stereocenters. The van der Waals surface area contributed by atoms with Gasteiger partial charge in [0.25, 0.3) is 5.91 Å². The molecular weight excluding hydrogens is 402 g/mol. The van der Waals surface area contributed by atoms with Gasteiger partial charge in [0.15, 0.2) is 5.75 Å². The van der Waals surface area contributed by atoms with Crippen LogP contribution >= 0.6 is 0 Å². The van der Waals surface area contributed by atoms with Crippen molar-refractivity contribution in [2.24, 2.45) is 16.1 Å². The van der Waals surface area contributed by atoms with E-state index in [1.165, 1.54) is 0 Å². The van der Waals surface area contributed by atoms with Crippen molar-refractivity contribution in [3.63, 3.8) is 0 Å². The Morgan fingerprint density at radius 1 is 1.22 bits per heavy atom. The van der Waals surface area contributed by atoms with E-state index in [2.05, 4.69) is 26.3 Å². The molecule has 3 aromatic rings. The van der Waals surface area contributed by atoms with Gasteiger partial charge < -0.3 is 4.74 Å². The van der Waals surface area contributed by atoms with Gasteiger partial charge in [0.2, 0.25) is 0 Å². The zero-order chi connectivity index (χ0) is 22.6. The third-order valence-corrected chi connectivity index (χ3v) is 5.72. The van der Waals surface area contributed by atoms with Crippen LogP contribution in [0.25, 0.3) is 0 Å². The Balaban J connectivity index is 1.52. The van der Waals surface area contributed by atoms with E-state index in [4.69, 9.17) is 10.00 Å². The molecule has 1 aliphatic rings. The van der Waals surface area contributed by atoms with Gasteiger partial charge in [-0.2, -0.15) is 5.26 Å². The second-order valence-corrected chi connectivity index (χ2v) is 7.98. The first kappa shape index (κ1) is 21.3. The van der Waals surface area contributed by atoms with Crippen LogP contribution in [0.5, 0.6) is 5.75 Å². The molecule has 0 N–H and O–H groups in total. The highest BCUT2D eigenvalue weighted by Gasteiger charge is 2.60. The van der Waals surface area contributed by atoms with Gasteiger partial charge >= 0.3 is 0 Å². The van der Waals surface area contributed by atoms with Gasteiger partial charge in [-0.15, -0.1) is 10.2 Å². The van der Waals surface area contributed by atoms with E-state index in [1.54, 1.807) is 24.4 Å². The number of carbonyl (C=O) groups is 1. The van der Waals surface area contributed by atoms with Gasteiger partial charge in [-0.25, -0.2) is 9.97 Å². The molecule has 0 radical (unpaired) electrons. The predicted molar refractivity (Wildman–Crippen MR) is 119 cm³/mol. The van der Waals surface area contributed by atoms with Gasteiger partial charge in [0.1, 0.15) is 5.82 Å². The van der Waals surface area contributed by atoms with Crippen molar-refractivity contribution in [2.45, 2.75) is 32.1 Å². The molecule has 1 aliphatic carbocycles. The Labute approximate surface area is 186 Å². The number of aryl methyl sites for hydroxylation is 2. The second kappa shape index (κ2) is 9.06. The molecule has 1 aromatic heterocycles. The van der Waals surface area contributed by atoms with Crippen LogP contribution in [0.2, 0.25) is 0 Å². The van der Waals surface area contributed by atoms with E-state index in [-0.39, 0.29) is 18.2 Å². The maximum atomic E-state index is 12.9. The van der Waals surface area contributed by atoms with E-state index in [0.717, 1.165) is 16.8 Å². The Bertz CT molecular complexity index is 1200. The largest absolute Gasteiger partial charge is 0.489 e. The Morgan fingerprint density at radius 2 is 2.03 bits per heavy atom. The smallest absolute Gasteiger partial charge is 0.268 e. The number of rotatable bonds is 7. The van der Waals surface area contributed by atoms with E-state index in [0.29, 0.717) is 30.3 Å². The third-order valence-electron chi connectivity index (χ3n) is 5.72. The molecule has 2 atom stereocenters. The summed E-state index contributed by atoms with van der Waals surface area (Å²) in [6.07, 6.45) is 2.59. The van der Waals surface area contributed by atoms with Gasteiger partial charge in [-0.3, -0.25) is 4.79 Å². The predicted octanol–water partition coefficient (Wildman–Crippen LogP) is 4.81. The monoisotopic (exact) mass is 425 g/mol. The van der Waals surface area contributed by atoms with E-state index in [9.17, 15) is 4.79 Å². The lowest BCUT2D eigenvalue weighted by atomic mass is 9.94. The van der Waals surface area contributed by atoms with E-state index < -0.39 is 5.41 Å². The van der Waals surface area contributed by atoms with Crippen LogP contribution in [0.15, 0.2) is 71.0 Å². The molecule has 0 aliphatic heterocycles. The molecule has 2 aromatic carbocycles. The summed E-state index contributed by atoms with van der Waals surface area (Å²) in [6, 6.07) is 19.2. The SMILES string of the molecule is Cc1ncc(OC[C@@]2(c3ccccc3)C[C@H]2C(=O)N=Nc2cccc(CC#N)c2)c(C)n1. The van der Waals surface area contributed by atoms with Crippen LogP contribution in [0.1, 0.15) is 29.1 Å². The number of ether oxygens (including phenoxy) is 1. The minimum atomic E-state index is -0.461.